The summed E-state index contributed by atoms with van der Waals surface area (Å²) in [6.07, 6.45) is 1.56. The van der Waals surface area contributed by atoms with Crippen LogP contribution in [-0.4, -0.2) is 76.7 Å². The number of likely N-dealkylation sites (N-methyl/N-ethyl adjacent to an activating group) is 1. The minimum Gasteiger partial charge on any atom is -0.351 e. The summed E-state index contributed by atoms with van der Waals surface area (Å²) in [6.45, 7) is 3.08. The van der Waals surface area contributed by atoms with Crippen LogP contribution in [0.4, 0.5) is 24.8 Å². The van der Waals surface area contributed by atoms with Crippen LogP contribution in [0, 0.1) is 17.7 Å². The Morgan fingerprint density at radius 3 is 2.62 bits per heavy atom. The van der Waals surface area contributed by atoms with E-state index in [1.165, 1.54) is 0 Å². The van der Waals surface area contributed by atoms with Gasteiger partial charge in [-0.15, -0.1) is 0 Å². The Morgan fingerprint density at radius 2 is 2.00 bits per heavy atom. The number of amides is 2. The molecule has 1 aromatic rings. The average molecular weight is 488 g/mol. The van der Waals surface area contributed by atoms with Gasteiger partial charge in [-0.2, -0.15) is 4.39 Å². The van der Waals surface area contributed by atoms with Crippen LogP contribution in [0.3, 0.4) is 0 Å². The van der Waals surface area contributed by atoms with Gasteiger partial charge in [-0.25, -0.2) is 23.8 Å². The predicted octanol–water partition coefficient (Wildman–Crippen LogP) is 2.18. The van der Waals surface area contributed by atoms with Gasteiger partial charge in [0.05, 0.1) is 12.5 Å². The van der Waals surface area contributed by atoms with Gasteiger partial charge in [-0.1, -0.05) is 25.7 Å². The highest BCUT2D eigenvalue weighted by Gasteiger charge is 2.30. The highest BCUT2D eigenvalue weighted by atomic mass is 19.3. The summed E-state index contributed by atoms with van der Waals surface area (Å²) in [7, 11) is 1.92. The smallest absolute Gasteiger partial charge is 0.297 e. The van der Waals surface area contributed by atoms with E-state index < -0.39 is 35.7 Å². The molecule has 1 saturated heterocycles. The van der Waals surface area contributed by atoms with Gasteiger partial charge >= 0.3 is 0 Å². The van der Waals surface area contributed by atoms with E-state index in [0.717, 1.165) is 25.7 Å². The van der Waals surface area contributed by atoms with Crippen molar-refractivity contribution in [2.45, 2.75) is 51.5 Å². The number of aromatic nitrogens is 2. The Hall–Kier alpha value is -2.67. The molecule has 2 heterocycles. The number of hydrogen-bond acceptors (Lipinski definition) is 8. The third-order valence-corrected chi connectivity index (χ3v) is 6.60. The highest BCUT2D eigenvalue weighted by Crippen LogP contribution is 2.31. The number of halogens is 3. The van der Waals surface area contributed by atoms with E-state index in [0.29, 0.717) is 31.1 Å². The molecule has 0 aromatic carbocycles. The summed E-state index contributed by atoms with van der Waals surface area (Å²) in [5.41, 5.74) is 4.63. The van der Waals surface area contributed by atoms with Crippen molar-refractivity contribution in [3.8, 4) is 0 Å². The largest absolute Gasteiger partial charge is 0.351 e. The van der Waals surface area contributed by atoms with Gasteiger partial charge in [-0.3, -0.25) is 25.6 Å². The van der Waals surface area contributed by atoms with Gasteiger partial charge in [0.15, 0.2) is 17.5 Å². The Kier molecular flexibility index (Phi) is 8.89. The van der Waals surface area contributed by atoms with Crippen LogP contribution < -0.4 is 15.8 Å². The minimum atomic E-state index is -3.04. The maximum atomic E-state index is 15.2. The first-order chi connectivity index (χ1) is 16.2. The van der Waals surface area contributed by atoms with Crippen molar-refractivity contribution in [1.29, 1.82) is 0 Å². The molecule has 0 radical (unpaired) electrons. The fraction of sp³-hybridized carbons (Fsp3) is 0.714. The first-order valence-corrected chi connectivity index (χ1v) is 11.5. The standard InChI is InChI=1S/C21H32F3N7O3/c1-13-10-30(8-7-29(13)2)20-16(22)18(25-19(26-20)17(23)24)27-28-21(33)15(11-31(34)12-32)9-14-5-3-4-6-14/h12-15,17,34H,3-11H2,1-2H3,(H,28,33)(H,25,26,27)/t13-,15+/m1/s1. The zero-order valence-electron chi connectivity index (χ0n) is 19.4. The number of hydrogen-bond donors (Lipinski definition) is 3. The average Bonchev–Trinajstić information content (AvgIpc) is 3.32. The normalized spacial score (nSPS) is 20.4. The van der Waals surface area contributed by atoms with Crippen molar-refractivity contribution < 1.29 is 28.0 Å². The Balaban J connectivity index is 1.76. The fourth-order valence-electron chi connectivity index (χ4n) is 4.49. The quantitative estimate of drug-likeness (QED) is 0.262. The predicted molar refractivity (Wildman–Crippen MR) is 118 cm³/mol. The molecule has 190 valence electrons. The summed E-state index contributed by atoms with van der Waals surface area (Å²) < 4.78 is 42.1. The minimum absolute atomic E-state index is 0.0600. The molecule has 2 atom stereocenters. The van der Waals surface area contributed by atoms with Crippen LogP contribution in [0.2, 0.25) is 0 Å². The molecule has 1 aliphatic heterocycles. The fourth-order valence-corrected chi connectivity index (χ4v) is 4.49. The molecular weight excluding hydrogens is 455 g/mol. The second-order valence-corrected chi connectivity index (χ2v) is 9.07. The van der Waals surface area contributed by atoms with Crippen molar-refractivity contribution in [2.75, 3.05) is 43.6 Å². The third-order valence-electron chi connectivity index (χ3n) is 6.60. The van der Waals surface area contributed by atoms with Crippen LogP contribution in [-0.2, 0) is 9.59 Å². The number of nitrogens with one attached hydrogen (secondary N) is 2. The Bertz CT molecular complexity index is 857. The van der Waals surface area contributed by atoms with Gasteiger partial charge in [-0.05, 0) is 26.3 Å². The lowest BCUT2D eigenvalue weighted by molar-refractivity contribution is -0.154. The molecule has 2 aliphatic rings. The zero-order chi connectivity index (χ0) is 24.8. The molecule has 2 amide bonds. The third kappa shape index (κ3) is 6.47. The molecule has 0 unspecified atom stereocenters. The number of anilines is 2. The van der Waals surface area contributed by atoms with Gasteiger partial charge in [0.1, 0.15) is 0 Å². The molecule has 3 N–H and O–H groups in total. The van der Waals surface area contributed by atoms with E-state index in [1.54, 1.807) is 4.90 Å². The Labute approximate surface area is 196 Å². The molecule has 3 rings (SSSR count). The topological polar surface area (TPSA) is 114 Å². The molecule has 13 heteroatoms. The number of carbonyl (C=O) groups is 2. The zero-order valence-corrected chi connectivity index (χ0v) is 19.4. The summed E-state index contributed by atoms with van der Waals surface area (Å²) in [5, 5.41) is 9.97. The Morgan fingerprint density at radius 1 is 1.29 bits per heavy atom. The number of rotatable bonds is 10. The first kappa shape index (κ1) is 25.9. The van der Waals surface area contributed by atoms with Crippen molar-refractivity contribution in [3.63, 3.8) is 0 Å². The highest BCUT2D eigenvalue weighted by molar-refractivity contribution is 5.80. The van der Waals surface area contributed by atoms with Crippen molar-refractivity contribution in [2.24, 2.45) is 11.8 Å². The molecule has 0 spiro atoms. The van der Waals surface area contributed by atoms with E-state index in [4.69, 9.17) is 0 Å². The summed E-state index contributed by atoms with van der Waals surface area (Å²) in [4.78, 5) is 34.6. The van der Waals surface area contributed by atoms with Gasteiger partial charge < -0.3 is 9.80 Å². The lowest BCUT2D eigenvalue weighted by atomic mass is 9.92. The lowest BCUT2D eigenvalue weighted by Gasteiger charge is -2.38. The lowest BCUT2D eigenvalue weighted by Crippen LogP contribution is -2.50. The van der Waals surface area contributed by atoms with Crippen molar-refractivity contribution in [3.05, 3.63) is 11.6 Å². The number of alkyl halides is 2. The summed E-state index contributed by atoms with van der Waals surface area (Å²) >= 11 is 0. The maximum absolute atomic E-state index is 15.2. The van der Waals surface area contributed by atoms with E-state index in [-0.39, 0.29) is 30.7 Å². The monoisotopic (exact) mass is 487 g/mol. The number of carbonyl (C=O) groups excluding carboxylic acids is 2. The van der Waals surface area contributed by atoms with E-state index in [1.807, 2.05) is 14.0 Å². The molecule has 1 aliphatic carbocycles. The van der Waals surface area contributed by atoms with Gasteiger partial charge in [0.25, 0.3) is 6.43 Å². The maximum Gasteiger partial charge on any atom is 0.297 e. The number of nitrogens with zero attached hydrogens (tertiary/aromatic N) is 5. The number of hydrazine groups is 1. The second kappa shape index (κ2) is 11.6. The second-order valence-electron chi connectivity index (χ2n) is 9.07. The van der Waals surface area contributed by atoms with E-state index >= 15 is 4.39 Å². The van der Waals surface area contributed by atoms with Crippen molar-refractivity contribution in [1.82, 2.24) is 25.4 Å². The van der Waals surface area contributed by atoms with Gasteiger partial charge in [0, 0.05) is 25.7 Å². The molecule has 1 aromatic heterocycles. The van der Waals surface area contributed by atoms with E-state index in [2.05, 4.69) is 25.7 Å². The van der Waals surface area contributed by atoms with Crippen LogP contribution in [0.25, 0.3) is 0 Å². The van der Waals surface area contributed by atoms with Crippen LogP contribution in [0.1, 0.15) is 51.3 Å². The number of piperazine rings is 1. The molecule has 34 heavy (non-hydrogen) atoms. The molecule has 2 fully saturated rings. The van der Waals surface area contributed by atoms with E-state index in [9.17, 15) is 23.6 Å². The summed E-state index contributed by atoms with van der Waals surface area (Å²) in [5.74, 6) is -3.76. The first-order valence-electron chi connectivity index (χ1n) is 11.5. The SMILES string of the molecule is C[C@@H]1CN(c2nc(C(F)F)nc(NNC(=O)[C@@H](CC3CCCC3)CN(O)C=O)c2F)CCN1C. The molecule has 1 saturated carbocycles. The molecule has 0 bridgehead atoms. The molecular formula is C21H32F3N7O3. The van der Waals surface area contributed by atoms with Crippen LogP contribution in [0.15, 0.2) is 0 Å². The van der Waals surface area contributed by atoms with Gasteiger partial charge in [0.2, 0.25) is 18.1 Å². The van der Waals surface area contributed by atoms with Crippen LogP contribution in [0.5, 0.6) is 0 Å². The van der Waals surface area contributed by atoms with Crippen LogP contribution >= 0.6 is 0 Å². The summed E-state index contributed by atoms with van der Waals surface area (Å²) in [6, 6.07) is 0.0600. The number of hydroxylamine groups is 2. The molecule has 10 nitrogen and oxygen atoms in total. The van der Waals surface area contributed by atoms with Crippen molar-refractivity contribution >= 4 is 24.0 Å².